The Labute approximate surface area is 303 Å². The summed E-state index contributed by atoms with van der Waals surface area (Å²) in [6.45, 7) is 6.48. The van der Waals surface area contributed by atoms with Crippen LogP contribution in [-0.2, 0) is 25.7 Å². The van der Waals surface area contributed by atoms with E-state index in [-0.39, 0.29) is 23.1 Å². The lowest BCUT2D eigenvalue weighted by atomic mass is 10.1. The summed E-state index contributed by atoms with van der Waals surface area (Å²) in [6, 6.07) is 10.5. The van der Waals surface area contributed by atoms with Crippen LogP contribution in [0.1, 0.15) is 12.5 Å². The Kier molecular flexibility index (Phi) is 12.8. The monoisotopic (exact) mass is 760 g/mol. The summed E-state index contributed by atoms with van der Waals surface area (Å²) >= 11 is 0. The smallest absolute Gasteiger partial charge is 0.416 e. The minimum Gasteiger partial charge on any atom is -0.450 e. The number of urea groups is 1. The van der Waals surface area contributed by atoms with Crippen molar-refractivity contribution in [3.8, 4) is 11.1 Å². The number of halogens is 5. The van der Waals surface area contributed by atoms with Crippen molar-refractivity contribution < 1.29 is 40.5 Å². The number of ether oxygens (including phenoxy) is 1. The zero-order chi connectivity index (χ0) is 38.1. The van der Waals surface area contributed by atoms with E-state index in [9.17, 15) is 31.4 Å². The summed E-state index contributed by atoms with van der Waals surface area (Å²) in [5, 5.41) is 10.5. The predicted molar refractivity (Wildman–Crippen MR) is 189 cm³/mol. The Bertz CT molecular complexity index is 2040. The van der Waals surface area contributed by atoms with E-state index >= 15 is 4.39 Å². The highest BCUT2D eigenvalue weighted by molar-refractivity contribution is 7.75. The van der Waals surface area contributed by atoms with Crippen LogP contribution in [0, 0.1) is 11.6 Å². The van der Waals surface area contributed by atoms with Gasteiger partial charge in [-0.2, -0.15) is 18.2 Å². The van der Waals surface area contributed by atoms with E-state index < -0.39 is 51.8 Å². The molecule has 1 saturated heterocycles. The van der Waals surface area contributed by atoms with Crippen LogP contribution in [0.4, 0.5) is 60.4 Å². The molecule has 0 saturated carbocycles. The Morgan fingerprint density at radius 1 is 0.962 bits per heavy atom. The Morgan fingerprint density at radius 2 is 1.72 bits per heavy atom. The summed E-state index contributed by atoms with van der Waals surface area (Å²) in [5.41, 5.74) is -1.07. The third-order valence-corrected chi connectivity index (χ3v) is 8.86. The van der Waals surface area contributed by atoms with E-state index in [0.29, 0.717) is 53.9 Å². The summed E-state index contributed by atoms with van der Waals surface area (Å²) < 4.78 is 89.6. The third-order valence-electron chi connectivity index (χ3n) is 7.89. The molecule has 3 amide bonds. The Morgan fingerprint density at radius 3 is 2.43 bits per heavy atom. The average Bonchev–Trinajstić information content (AvgIpc) is 3.11. The van der Waals surface area contributed by atoms with Crippen molar-refractivity contribution in [3.63, 3.8) is 0 Å². The van der Waals surface area contributed by atoms with Gasteiger partial charge in [0.25, 0.3) is 0 Å². The molecule has 2 heterocycles. The fraction of sp³-hybridized carbons (Fsp3) is 0.294. The molecule has 0 atom stereocenters. The molecule has 5 rings (SSSR count). The van der Waals surface area contributed by atoms with Gasteiger partial charge in [0.2, 0.25) is 5.95 Å². The fourth-order valence-electron chi connectivity index (χ4n) is 5.13. The number of piperazine rings is 1. The van der Waals surface area contributed by atoms with Crippen molar-refractivity contribution in [2.75, 3.05) is 74.2 Å². The molecule has 0 bridgehead atoms. The maximum atomic E-state index is 15.4. The normalized spacial score (nSPS) is 14.4. The largest absolute Gasteiger partial charge is 0.450 e. The van der Waals surface area contributed by atoms with Gasteiger partial charge in [-0.1, -0.05) is 29.2 Å². The van der Waals surface area contributed by atoms with Crippen molar-refractivity contribution in [1.29, 1.82) is 0 Å². The quantitative estimate of drug-likeness (QED) is 0.0916. The van der Waals surface area contributed by atoms with E-state index in [1.165, 1.54) is 30.5 Å². The van der Waals surface area contributed by atoms with Crippen LogP contribution in [-0.4, -0.2) is 84.8 Å². The number of carbonyl (C=O) groups excluding carboxylic acids is 2. The topological polar surface area (TPSA) is 153 Å². The second-order valence-corrected chi connectivity index (χ2v) is 12.8. The molecule has 1 aliphatic rings. The standard InChI is InChI=1S/C34H35F5N9O4S/c1-3-52-33(50)46-53(51)24-6-4-5-23(19-24)42-31-41-20-25(30(45-31)40-11-12-48-15-13-47(2)14-16-48)21-7-10-28(27(36)17-21)43-32(49)44-29-18-22(34(37,38)39)8-9-26(29)35/h4-10,17-20H,3,11-16H2,1-2H3,(H2,43,44,49)(H2,40,41,42,45)/q-1. The van der Waals surface area contributed by atoms with Crippen LogP contribution in [0.5, 0.6) is 0 Å². The number of hydrogen-bond donors (Lipinski definition) is 4. The van der Waals surface area contributed by atoms with Crippen LogP contribution in [0.2, 0.25) is 0 Å². The molecule has 4 N–H and O–H groups in total. The summed E-state index contributed by atoms with van der Waals surface area (Å²) in [6.07, 6.45) is -4.27. The molecule has 0 spiro atoms. The van der Waals surface area contributed by atoms with Gasteiger partial charge in [0.05, 0.1) is 23.5 Å². The number of amides is 3. The van der Waals surface area contributed by atoms with Crippen LogP contribution in [0.25, 0.3) is 11.1 Å². The second-order valence-electron chi connectivity index (χ2n) is 11.7. The highest BCUT2D eigenvalue weighted by atomic mass is 32.2. The molecule has 0 unspecified atom stereocenters. The van der Waals surface area contributed by atoms with Crippen molar-refractivity contribution in [1.82, 2.24) is 19.8 Å². The number of likely N-dealkylation sites (N-methyl/N-ethyl adjacent to an activating group) is 1. The van der Waals surface area contributed by atoms with E-state index in [0.717, 1.165) is 32.2 Å². The molecule has 282 valence electrons. The molecule has 53 heavy (non-hydrogen) atoms. The van der Waals surface area contributed by atoms with Crippen LogP contribution >= 0.6 is 0 Å². The lowest BCUT2D eigenvalue weighted by Crippen LogP contribution is -2.45. The third kappa shape index (κ3) is 10.8. The van der Waals surface area contributed by atoms with Crippen molar-refractivity contribution in [3.05, 3.63) is 84.1 Å². The molecular weight excluding hydrogens is 725 g/mol. The van der Waals surface area contributed by atoms with Gasteiger partial charge in [-0.25, -0.2) is 23.4 Å². The fourth-order valence-corrected chi connectivity index (χ4v) is 5.85. The van der Waals surface area contributed by atoms with Crippen LogP contribution in [0.3, 0.4) is 0 Å². The number of carbonyl (C=O) groups is 2. The first-order chi connectivity index (χ1) is 25.3. The predicted octanol–water partition coefficient (Wildman–Crippen LogP) is 7.15. The first-order valence-electron chi connectivity index (χ1n) is 16.2. The van der Waals surface area contributed by atoms with E-state index in [4.69, 9.17) is 4.74 Å². The number of benzene rings is 3. The Balaban J connectivity index is 1.35. The van der Waals surface area contributed by atoms with Crippen molar-refractivity contribution >= 4 is 51.5 Å². The molecular formula is C34H35F5N9O4S-. The number of hydrogen-bond acceptors (Lipinski definition) is 11. The van der Waals surface area contributed by atoms with Gasteiger partial charge < -0.3 is 35.1 Å². The molecule has 3 aromatic carbocycles. The average molecular weight is 761 g/mol. The molecule has 1 aromatic heterocycles. The van der Waals surface area contributed by atoms with Gasteiger partial charge in [0.15, 0.2) is 0 Å². The van der Waals surface area contributed by atoms with E-state index in [1.54, 1.807) is 19.1 Å². The number of anilines is 5. The molecule has 1 fully saturated rings. The van der Waals surface area contributed by atoms with Gasteiger partial charge >= 0.3 is 18.3 Å². The van der Waals surface area contributed by atoms with Crippen molar-refractivity contribution in [2.24, 2.45) is 4.36 Å². The highest BCUT2D eigenvalue weighted by Gasteiger charge is 2.31. The molecule has 19 heteroatoms. The van der Waals surface area contributed by atoms with Crippen molar-refractivity contribution in [2.45, 2.75) is 18.0 Å². The lowest BCUT2D eigenvalue weighted by molar-refractivity contribution is -0.137. The molecule has 4 aromatic rings. The molecule has 0 aliphatic carbocycles. The molecule has 13 nitrogen and oxygen atoms in total. The minimum absolute atomic E-state index is 0.0831. The van der Waals surface area contributed by atoms with Gasteiger partial charge in [0.1, 0.15) is 17.5 Å². The number of nitrogens with one attached hydrogen (secondary N) is 4. The van der Waals surface area contributed by atoms with Crippen LogP contribution < -0.4 is 21.3 Å². The maximum Gasteiger partial charge on any atom is 0.416 e. The van der Waals surface area contributed by atoms with Gasteiger partial charge in [-0.3, -0.25) is 9.26 Å². The summed E-state index contributed by atoms with van der Waals surface area (Å²) in [5.74, 6) is -1.53. The zero-order valence-corrected chi connectivity index (χ0v) is 29.3. The maximum absolute atomic E-state index is 15.4. The minimum atomic E-state index is -4.77. The summed E-state index contributed by atoms with van der Waals surface area (Å²) in [7, 11) is 0.0345. The number of alkyl halides is 3. The Hall–Kier alpha value is -5.40. The first kappa shape index (κ1) is 38.8. The SMILES string of the molecule is CCOC(=O)N=[S-](=O)c1cccc(Nc2ncc(-c3ccc(NC(=O)Nc4cc(C(F)(F)F)ccc4F)c(F)c3)c(NCCN3CCN(C)CC3)n2)c1. The van der Waals surface area contributed by atoms with E-state index in [2.05, 4.69) is 47.1 Å². The second kappa shape index (κ2) is 17.4. The number of aromatic nitrogens is 2. The lowest BCUT2D eigenvalue weighted by Gasteiger charge is -2.32. The number of nitrogens with zero attached hydrogens (tertiary/aromatic N) is 5. The molecule has 1 aliphatic heterocycles. The number of rotatable bonds is 11. The van der Waals surface area contributed by atoms with Gasteiger partial charge in [-0.05, 0) is 55.9 Å². The first-order valence-corrected chi connectivity index (χ1v) is 17.3. The van der Waals surface area contributed by atoms with E-state index in [1.807, 2.05) is 5.32 Å². The summed E-state index contributed by atoms with van der Waals surface area (Å²) in [4.78, 5) is 37.9. The van der Waals surface area contributed by atoms with Gasteiger partial charge in [-0.15, -0.1) is 10.6 Å². The highest BCUT2D eigenvalue weighted by Crippen LogP contribution is 2.33. The zero-order valence-electron chi connectivity index (χ0n) is 28.5. The molecule has 0 radical (unpaired) electrons. The van der Waals surface area contributed by atoms with Crippen LogP contribution in [0.15, 0.2) is 76.1 Å². The van der Waals surface area contributed by atoms with Gasteiger partial charge in [0, 0.05) is 56.7 Å².